The van der Waals surface area contributed by atoms with Crippen molar-refractivity contribution in [2.24, 2.45) is 0 Å². The van der Waals surface area contributed by atoms with Crippen LogP contribution in [-0.4, -0.2) is 133 Å². The Bertz CT molecular complexity index is 1920. The summed E-state index contributed by atoms with van der Waals surface area (Å²) in [4.78, 5) is 56.5. The molecule has 2 fully saturated rings. The van der Waals surface area contributed by atoms with Crippen LogP contribution in [0.15, 0.2) is 48.6 Å². The van der Waals surface area contributed by atoms with Crippen LogP contribution in [0.3, 0.4) is 0 Å². The van der Waals surface area contributed by atoms with Crippen molar-refractivity contribution < 1.29 is 57.8 Å². The van der Waals surface area contributed by atoms with Gasteiger partial charge < -0.3 is 48.4 Å². The first-order chi connectivity index (χ1) is 29.5. The molecule has 4 rings (SSSR count). The van der Waals surface area contributed by atoms with Gasteiger partial charge in [-0.05, 0) is 65.0 Å². The van der Waals surface area contributed by atoms with Gasteiger partial charge in [-0.15, -0.1) is 0 Å². The smallest absolute Gasteiger partial charge is 0.412 e. The van der Waals surface area contributed by atoms with E-state index in [1.165, 1.54) is 48.3 Å². The maximum atomic E-state index is 13.9. The highest BCUT2D eigenvalue weighted by Gasteiger charge is 2.35. The summed E-state index contributed by atoms with van der Waals surface area (Å²) in [6.45, 7) is 18.1. The number of nitrogens with one attached hydrogen (secondary N) is 2. The second-order valence-electron chi connectivity index (χ2n) is 16.2. The molecule has 2 atom stereocenters. The van der Waals surface area contributed by atoms with E-state index in [1.807, 2.05) is 0 Å². The molecule has 2 aliphatic heterocycles. The van der Waals surface area contributed by atoms with E-state index < -0.39 is 41.7 Å². The van der Waals surface area contributed by atoms with Gasteiger partial charge in [0.2, 0.25) is 0 Å². The average Bonchev–Trinajstić information content (AvgIpc) is 3.80. The maximum Gasteiger partial charge on any atom is 0.412 e. The fourth-order valence-electron chi connectivity index (χ4n) is 6.75. The van der Waals surface area contributed by atoms with Crippen LogP contribution in [0.25, 0.3) is 0 Å². The van der Waals surface area contributed by atoms with Crippen molar-refractivity contribution in [2.75, 3.05) is 76.7 Å². The molecule has 342 valence electrons. The number of methoxy groups -OCH3 is 2. The lowest BCUT2D eigenvalue weighted by Crippen LogP contribution is -2.38. The van der Waals surface area contributed by atoms with Crippen LogP contribution in [0.2, 0.25) is 0 Å². The quantitative estimate of drug-likeness (QED) is 0.0545. The monoisotopic (exact) mass is 902 g/mol. The Hall–Kier alpha value is -4.78. The first-order valence-corrected chi connectivity index (χ1v) is 22.9. The van der Waals surface area contributed by atoms with Gasteiger partial charge in [0.25, 0.3) is 11.8 Å². The van der Waals surface area contributed by atoms with Gasteiger partial charge in [-0.1, -0.05) is 59.7 Å². The number of hydrogen-bond acceptors (Lipinski definition) is 14. The molecule has 4 N–H and O–H groups in total. The van der Waals surface area contributed by atoms with Crippen LogP contribution in [-0.2, 0) is 9.47 Å². The fraction of sp³-hybridized carbons (Fsp3) is 0.545. The highest BCUT2D eigenvalue weighted by molar-refractivity contribution is 8.76. The normalized spacial score (nSPS) is 16.4. The van der Waals surface area contributed by atoms with Crippen LogP contribution in [0.4, 0.5) is 21.0 Å². The van der Waals surface area contributed by atoms with E-state index in [2.05, 4.69) is 37.6 Å². The Labute approximate surface area is 372 Å². The summed E-state index contributed by atoms with van der Waals surface area (Å²) in [7, 11) is 6.19. The molecular weight excluding hydrogens is 841 g/mol. The lowest BCUT2D eigenvalue weighted by atomic mass is 10.1. The molecule has 2 heterocycles. The van der Waals surface area contributed by atoms with Gasteiger partial charge in [0.05, 0.1) is 75.2 Å². The molecule has 4 amide bonds. The molecule has 0 radical (unpaired) electrons. The number of nitrogens with zero attached hydrogens (tertiary/aromatic N) is 2. The molecule has 2 aliphatic rings. The van der Waals surface area contributed by atoms with E-state index in [9.17, 15) is 29.4 Å². The lowest BCUT2D eigenvalue weighted by Gasteiger charge is -2.25. The van der Waals surface area contributed by atoms with Crippen LogP contribution in [0.1, 0.15) is 87.4 Å². The molecule has 2 aromatic rings. The average molecular weight is 903 g/mol. The summed E-state index contributed by atoms with van der Waals surface area (Å²) in [6, 6.07) is 5.18. The zero-order valence-electron chi connectivity index (χ0n) is 36.8. The number of benzene rings is 2. The molecule has 0 bridgehead atoms. The maximum absolute atomic E-state index is 13.9. The summed E-state index contributed by atoms with van der Waals surface area (Å²) >= 11 is 0. The van der Waals surface area contributed by atoms with Gasteiger partial charge in [0.15, 0.2) is 23.0 Å². The van der Waals surface area contributed by atoms with E-state index >= 15 is 0 Å². The van der Waals surface area contributed by atoms with Gasteiger partial charge in [0, 0.05) is 36.2 Å². The second-order valence-corrected chi connectivity index (χ2v) is 19.2. The molecule has 0 saturated carbocycles. The minimum atomic E-state index is -0.793. The number of aliphatic hydroxyl groups is 2. The predicted octanol–water partition coefficient (Wildman–Crippen LogP) is 7.54. The van der Waals surface area contributed by atoms with Gasteiger partial charge in [-0.2, -0.15) is 0 Å². The third-order valence-corrected chi connectivity index (χ3v) is 12.5. The number of carbonyl (C=O) groups is 4. The number of amides is 4. The van der Waals surface area contributed by atoms with Gasteiger partial charge in [-0.3, -0.25) is 20.2 Å². The molecule has 0 unspecified atom stereocenters. The zero-order valence-corrected chi connectivity index (χ0v) is 38.5. The number of aliphatic hydroxyl groups excluding tert-OH is 2. The number of carbonyl (C=O) groups excluding carboxylic acids is 4. The predicted molar refractivity (Wildman–Crippen MR) is 242 cm³/mol. The Morgan fingerprint density at radius 2 is 1.21 bits per heavy atom. The van der Waals surface area contributed by atoms with Crippen molar-refractivity contribution in [3.8, 4) is 23.0 Å². The molecule has 62 heavy (non-hydrogen) atoms. The van der Waals surface area contributed by atoms with Crippen molar-refractivity contribution in [1.29, 1.82) is 0 Å². The summed E-state index contributed by atoms with van der Waals surface area (Å²) in [5.74, 6) is 0.917. The molecule has 18 heteroatoms. The highest BCUT2D eigenvalue weighted by atomic mass is 33.1. The minimum absolute atomic E-state index is 0.139. The Morgan fingerprint density at radius 3 is 1.63 bits per heavy atom. The van der Waals surface area contributed by atoms with Gasteiger partial charge >= 0.3 is 12.2 Å². The minimum Gasteiger partial charge on any atom is -0.493 e. The van der Waals surface area contributed by atoms with E-state index in [0.717, 1.165) is 11.1 Å². The molecule has 0 spiro atoms. The largest absolute Gasteiger partial charge is 0.493 e. The topological polar surface area (TPSA) is 195 Å². The van der Waals surface area contributed by atoms with Crippen LogP contribution in [0, 0.1) is 0 Å². The van der Waals surface area contributed by atoms with Crippen LogP contribution < -0.4 is 29.6 Å². The summed E-state index contributed by atoms with van der Waals surface area (Å²) in [6.07, 6.45) is 1.32. The van der Waals surface area contributed by atoms with Crippen molar-refractivity contribution >= 4 is 57.0 Å². The number of anilines is 2. The molecule has 2 saturated heterocycles. The molecule has 16 nitrogen and oxygen atoms in total. The van der Waals surface area contributed by atoms with Crippen molar-refractivity contribution in [1.82, 2.24) is 9.80 Å². The number of hydrogen-bond donors (Lipinski definition) is 4. The lowest BCUT2D eigenvalue weighted by molar-refractivity contribution is 0.0634. The Morgan fingerprint density at radius 1 is 0.742 bits per heavy atom. The zero-order chi connectivity index (χ0) is 45.6. The number of ether oxygens (including phenoxy) is 6. The van der Waals surface area contributed by atoms with E-state index in [-0.39, 0.29) is 80.1 Å². The number of rotatable bonds is 21. The van der Waals surface area contributed by atoms with Crippen molar-refractivity contribution in [3.05, 3.63) is 59.7 Å². The van der Waals surface area contributed by atoms with Crippen molar-refractivity contribution in [2.45, 2.75) is 89.7 Å². The Kier molecular flexibility index (Phi) is 19.0. The van der Waals surface area contributed by atoms with Gasteiger partial charge in [0.1, 0.15) is 12.2 Å². The van der Waals surface area contributed by atoms with E-state index in [0.29, 0.717) is 54.6 Å². The number of likely N-dealkylation sites (tertiary alicyclic amines) is 2. The van der Waals surface area contributed by atoms with E-state index in [4.69, 9.17) is 28.4 Å². The van der Waals surface area contributed by atoms with Crippen LogP contribution >= 0.6 is 21.6 Å². The second kappa shape index (κ2) is 23.6. The molecule has 0 aliphatic carbocycles. The third kappa shape index (κ3) is 14.4. The first kappa shape index (κ1) is 49.9. The fourth-order valence-corrected chi connectivity index (χ4v) is 8.58. The van der Waals surface area contributed by atoms with Gasteiger partial charge in [-0.25, -0.2) is 9.59 Å². The first-order valence-electron chi connectivity index (χ1n) is 20.6. The van der Waals surface area contributed by atoms with E-state index in [1.54, 1.807) is 42.4 Å². The summed E-state index contributed by atoms with van der Waals surface area (Å²) < 4.78 is 34.3. The molecule has 2 aromatic carbocycles. The third-order valence-electron chi connectivity index (χ3n) is 9.57. The highest BCUT2D eigenvalue weighted by Crippen LogP contribution is 2.38. The Balaban J connectivity index is 1.43. The van der Waals surface area contributed by atoms with Crippen molar-refractivity contribution in [3.63, 3.8) is 0 Å². The summed E-state index contributed by atoms with van der Waals surface area (Å²) in [5.41, 5.74) is 1.44. The van der Waals surface area contributed by atoms with Crippen LogP contribution in [0.5, 0.6) is 23.0 Å². The number of unbranched alkanes of at least 4 members (excludes halogenated alkanes) is 2. The standard InChI is InChI=1S/C44H62N4O12S2/c1-27(2)62-61-16-15-59-42(53)45-34-21-38(36(55-8)19-32(34)40(51)47-23-28(3)17-30(47)25-49)57-13-11-10-12-14-58-39-22-35(46-43(54)60-44(5,6)7)33(20-37(39)56-9)41(52)48-24-29(4)18-31(48)26-50/h19-22,27,30-31,49-50H,3-4,10-18,23-26H2,1-2,5-9H3,(H,45,53)(H,46,54)/t30-,31-/m0/s1. The molecule has 0 aromatic heterocycles. The SMILES string of the molecule is C=C1C[C@@H](CO)N(C(=O)c2cc(OC)c(OCCCCCOc3cc(NC(=O)OC(C)(C)C)c(C(=O)N4CC(=C)C[C@H]4CO)cc3OC)cc2NC(=O)OCCSSC(C)C)C1. The molecular formula is C44H62N4O12S2. The summed E-state index contributed by atoms with van der Waals surface area (Å²) in [5, 5.41) is 25.7.